The van der Waals surface area contributed by atoms with Gasteiger partial charge in [0.25, 0.3) is 5.91 Å². The number of rotatable bonds is 7. The molecule has 1 atom stereocenters. The van der Waals surface area contributed by atoms with Crippen LogP contribution in [0, 0.1) is 6.92 Å². The van der Waals surface area contributed by atoms with E-state index in [1.54, 1.807) is 18.2 Å². The highest BCUT2D eigenvalue weighted by Gasteiger charge is 2.28. The minimum absolute atomic E-state index is 0.00358. The molecule has 0 saturated carbocycles. The zero-order valence-electron chi connectivity index (χ0n) is 17.5. The second kappa shape index (κ2) is 9.27. The zero-order chi connectivity index (χ0) is 21.0. The first kappa shape index (κ1) is 21.1. The Morgan fingerprint density at radius 3 is 2.69 bits per heavy atom. The van der Waals surface area contributed by atoms with Gasteiger partial charge in [-0.3, -0.25) is 9.69 Å². The van der Waals surface area contributed by atoms with Crippen molar-refractivity contribution in [1.82, 2.24) is 9.80 Å². The maximum Gasteiger partial charge on any atom is 0.335 e. The van der Waals surface area contributed by atoms with Crippen LogP contribution in [0.4, 0.5) is 0 Å². The smallest absolute Gasteiger partial charge is 0.335 e. The second-order valence-corrected chi connectivity index (χ2v) is 7.66. The fourth-order valence-electron chi connectivity index (χ4n) is 4.03. The Kier molecular flexibility index (Phi) is 6.75. The number of hydrogen-bond donors (Lipinski definition) is 1. The van der Waals surface area contributed by atoms with E-state index in [1.807, 2.05) is 24.0 Å². The van der Waals surface area contributed by atoms with Gasteiger partial charge in [0.15, 0.2) is 0 Å². The van der Waals surface area contributed by atoms with Crippen LogP contribution in [-0.4, -0.2) is 53.0 Å². The average molecular weight is 399 g/mol. The van der Waals surface area contributed by atoms with Gasteiger partial charge in [-0.15, -0.1) is 0 Å². The van der Waals surface area contributed by atoms with Crippen LogP contribution >= 0.6 is 0 Å². The van der Waals surface area contributed by atoms with Crippen molar-refractivity contribution >= 4 is 11.9 Å². The average Bonchev–Trinajstić information content (AvgIpc) is 3.11. The Morgan fingerprint density at radius 1 is 1.24 bits per heavy atom. The van der Waals surface area contributed by atoms with Crippen molar-refractivity contribution in [2.24, 2.45) is 0 Å². The van der Waals surface area contributed by atoms with Crippen LogP contribution < -0.4 is 0 Å². The largest absolute Gasteiger partial charge is 0.478 e. The Morgan fingerprint density at radius 2 is 2.00 bits per heavy atom. The summed E-state index contributed by atoms with van der Waals surface area (Å²) in [5.41, 5.74) is 1.90. The summed E-state index contributed by atoms with van der Waals surface area (Å²) in [5, 5.41) is 9.25. The van der Waals surface area contributed by atoms with Crippen LogP contribution in [-0.2, 0) is 6.54 Å². The SMILES string of the molecule is CCN(CC)Cc1cc(C(=O)N2CCC[C@@H](c3cccc(C(=O)O)c3)C2)c(C)o1. The maximum absolute atomic E-state index is 13.2. The van der Waals surface area contributed by atoms with Gasteiger partial charge >= 0.3 is 5.97 Å². The van der Waals surface area contributed by atoms with Crippen molar-refractivity contribution < 1.29 is 19.1 Å². The van der Waals surface area contributed by atoms with Gasteiger partial charge in [0.05, 0.1) is 17.7 Å². The van der Waals surface area contributed by atoms with E-state index in [0.717, 1.165) is 37.3 Å². The Balaban J connectivity index is 1.74. The summed E-state index contributed by atoms with van der Waals surface area (Å²) in [7, 11) is 0. The van der Waals surface area contributed by atoms with E-state index in [-0.39, 0.29) is 17.4 Å². The quantitative estimate of drug-likeness (QED) is 0.758. The first-order valence-corrected chi connectivity index (χ1v) is 10.4. The minimum atomic E-state index is -0.926. The number of likely N-dealkylation sites (tertiary alicyclic amines) is 1. The number of carboxylic acids is 1. The third-order valence-electron chi connectivity index (χ3n) is 5.79. The molecule has 1 saturated heterocycles. The third kappa shape index (κ3) is 4.88. The van der Waals surface area contributed by atoms with Crippen LogP contribution in [0.1, 0.15) is 70.4 Å². The first-order valence-electron chi connectivity index (χ1n) is 10.4. The molecule has 0 aliphatic carbocycles. The van der Waals surface area contributed by atoms with E-state index in [4.69, 9.17) is 4.42 Å². The summed E-state index contributed by atoms with van der Waals surface area (Å²) < 4.78 is 5.86. The number of furan rings is 1. The highest BCUT2D eigenvalue weighted by Crippen LogP contribution is 2.29. The molecule has 1 aromatic carbocycles. The Bertz CT molecular complexity index is 870. The van der Waals surface area contributed by atoms with Crippen molar-refractivity contribution in [3.05, 3.63) is 58.5 Å². The lowest BCUT2D eigenvalue weighted by Crippen LogP contribution is -2.39. The second-order valence-electron chi connectivity index (χ2n) is 7.66. The van der Waals surface area contributed by atoms with Gasteiger partial charge in [-0.1, -0.05) is 26.0 Å². The molecule has 2 aromatic rings. The van der Waals surface area contributed by atoms with Crippen molar-refractivity contribution in [1.29, 1.82) is 0 Å². The predicted octanol–water partition coefficient (Wildman–Crippen LogP) is 4.15. The van der Waals surface area contributed by atoms with Crippen molar-refractivity contribution in [2.45, 2.75) is 46.1 Å². The molecule has 1 fully saturated rings. The lowest BCUT2D eigenvalue weighted by molar-refractivity contribution is 0.0687. The Labute approximate surface area is 172 Å². The summed E-state index contributed by atoms with van der Waals surface area (Å²) in [6.45, 7) is 9.94. The van der Waals surface area contributed by atoms with Gasteiger partial charge in [-0.2, -0.15) is 0 Å². The molecule has 0 unspecified atom stereocenters. The molecule has 1 aliphatic heterocycles. The maximum atomic E-state index is 13.2. The predicted molar refractivity (Wildman–Crippen MR) is 111 cm³/mol. The molecule has 2 heterocycles. The number of benzene rings is 1. The fourth-order valence-corrected chi connectivity index (χ4v) is 4.03. The van der Waals surface area contributed by atoms with E-state index in [2.05, 4.69) is 18.7 Å². The van der Waals surface area contributed by atoms with Crippen LogP contribution in [0.15, 0.2) is 34.7 Å². The van der Waals surface area contributed by atoms with Gasteiger partial charge in [-0.05, 0) is 56.6 Å². The summed E-state index contributed by atoms with van der Waals surface area (Å²) in [6.07, 6.45) is 1.85. The van der Waals surface area contributed by atoms with Crippen LogP contribution in [0.3, 0.4) is 0 Å². The summed E-state index contributed by atoms with van der Waals surface area (Å²) in [4.78, 5) is 28.6. The number of amides is 1. The summed E-state index contributed by atoms with van der Waals surface area (Å²) in [6, 6.07) is 8.94. The van der Waals surface area contributed by atoms with Gasteiger partial charge in [-0.25, -0.2) is 4.79 Å². The standard InChI is InChI=1S/C23H30N2O4/c1-4-24(5-2)15-20-13-21(16(3)29-20)22(26)25-11-7-10-19(14-25)17-8-6-9-18(12-17)23(27)28/h6,8-9,12-13,19H,4-5,7,10-11,14-15H2,1-3H3,(H,27,28)/t19-/m1/s1. The lowest BCUT2D eigenvalue weighted by atomic mass is 9.89. The van der Waals surface area contributed by atoms with Crippen molar-refractivity contribution in [3.8, 4) is 0 Å². The third-order valence-corrected chi connectivity index (χ3v) is 5.79. The molecule has 0 radical (unpaired) electrons. The molecule has 0 spiro atoms. The molecule has 0 bridgehead atoms. The summed E-state index contributed by atoms with van der Waals surface area (Å²) >= 11 is 0. The highest BCUT2D eigenvalue weighted by molar-refractivity contribution is 5.95. The van der Waals surface area contributed by atoms with Gasteiger partial charge in [0, 0.05) is 19.0 Å². The van der Waals surface area contributed by atoms with Gasteiger partial charge < -0.3 is 14.4 Å². The van der Waals surface area contributed by atoms with E-state index < -0.39 is 5.97 Å². The minimum Gasteiger partial charge on any atom is -0.478 e. The molecular formula is C23H30N2O4. The van der Waals surface area contributed by atoms with Crippen LogP contribution in [0.25, 0.3) is 0 Å². The number of piperidine rings is 1. The molecule has 1 aliphatic rings. The van der Waals surface area contributed by atoms with Crippen molar-refractivity contribution in [2.75, 3.05) is 26.2 Å². The molecule has 1 aromatic heterocycles. The molecule has 1 N–H and O–H groups in total. The zero-order valence-corrected chi connectivity index (χ0v) is 17.5. The molecule has 156 valence electrons. The van der Waals surface area contributed by atoms with Crippen molar-refractivity contribution in [3.63, 3.8) is 0 Å². The Hall–Kier alpha value is -2.60. The number of aryl methyl sites for hydroxylation is 1. The normalized spacial score (nSPS) is 17.0. The molecule has 6 heteroatoms. The van der Waals surface area contributed by atoms with E-state index in [0.29, 0.717) is 31.0 Å². The first-order chi connectivity index (χ1) is 13.9. The number of hydrogen-bond acceptors (Lipinski definition) is 4. The van der Waals surface area contributed by atoms with E-state index >= 15 is 0 Å². The van der Waals surface area contributed by atoms with Gasteiger partial charge in [0.1, 0.15) is 11.5 Å². The van der Waals surface area contributed by atoms with Crippen LogP contribution in [0.2, 0.25) is 0 Å². The van der Waals surface area contributed by atoms with Gasteiger partial charge in [0.2, 0.25) is 0 Å². The number of carbonyl (C=O) groups excluding carboxylic acids is 1. The number of aromatic carboxylic acids is 1. The fraction of sp³-hybridized carbons (Fsp3) is 0.478. The molecule has 6 nitrogen and oxygen atoms in total. The molecule has 29 heavy (non-hydrogen) atoms. The highest BCUT2D eigenvalue weighted by atomic mass is 16.4. The number of nitrogens with zero attached hydrogens (tertiary/aromatic N) is 2. The van der Waals surface area contributed by atoms with Crippen LogP contribution in [0.5, 0.6) is 0 Å². The van der Waals surface area contributed by atoms with E-state index in [1.165, 1.54) is 0 Å². The molecule has 1 amide bonds. The van der Waals surface area contributed by atoms with E-state index in [9.17, 15) is 14.7 Å². The number of carbonyl (C=O) groups is 2. The summed E-state index contributed by atoms with van der Waals surface area (Å²) in [5.74, 6) is 0.695. The molecular weight excluding hydrogens is 368 g/mol. The lowest BCUT2D eigenvalue weighted by Gasteiger charge is -2.33. The molecule has 3 rings (SSSR count). The number of carboxylic acid groups (broad SMARTS) is 1. The monoisotopic (exact) mass is 398 g/mol. The topological polar surface area (TPSA) is 74.0 Å².